The summed E-state index contributed by atoms with van der Waals surface area (Å²) in [5, 5.41) is 4.27. The van der Waals surface area contributed by atoms with Crippen molar-refractivity contribution in [3.05, 3.63) is 156 Å². The maximum absolute atomic E-state index is 12.8. The van der Waals surface area contributed by atoms with Crippen LogP contribution in [0.15, 0.2) is 133 Å². The number of hydrogen-bond donors (Lipinski definition) is 0. The van der Waals surface area contributed by atoms with E-state index < -0.39 is 0 Å². The van der Waals surface area contributed by atoms with Crippen LogP contribution in [0.3, 0.4) is 0 Å². The van der Waals surface area contributed by atoms with Crippen molar-refractivity contribution in [1.29, 1.82) is 0 Å². The van der Waals surface area contributed by atoms with Crippen molar-refractivity contribution in [2.45, 2.75) is 24.7 Å². The molecule has 1 aliphatic carbocycles. The van der Waals surface area contributed by atoms with Gasteiger partial charge >= 0.3 is 11.9 Å². The number of carbonyl (C=O) groups is 2. The summed E-state index contributed by atoms with van der Waals surface area (Å²) in [5.41, 5.74) is 3.45. The van der Waals surface area contributed by atoms with Crippen LogP contribution < -0.4 is 9.47 Å². The zero-order valence-corrected chi connectivity index (χ0v) is 22.9. The van der Waals surface area contributed by atoms with Crippen molar-refractivity contribution >= 4 is 33.5 Å². The van der Waals surface area contributed by atoms with Crippen LogP contribution in [0.25, 0.3) is 21.5 Å². The van der Waals surface area contributed by atoms with Crippen molar-refractivity contribution < 1.29 is 19.1 Å². The van der Waals surface area contributed by atoms with Crippen LogP contribution in [-0.4, -0.2) is 11.9 Å². The maximum atomic E-state index is 12.8. The summed E-state index contributed by atoms with van der Waals surface area (Å²) in [6.07, 6.45) is 2.16. The van der Waals surface area contributed by atoms with Gasteiger partial charge in [0.25, 0.3) is 0 Å². The van der Waals surface area contributed by atoms with E-state index in [-0.39, 0.29) is 11.9 Å². The van der Waals surface area contributed by atoms with Gasteiger partial charge in [-0.1, -0.05) is 84.9 Å². The fourth-order valence-corrected chi connectivity index (χ4v) is 5.82. The summed E-state index contributed by atoms with van der Waals surface area (Å²) in [5.74, 6) is 1.07. The van der Waals surface area contributed by atoms with E-state index in [2.05, 4.69) is 0 Å². The quantitative estimate of drug-likeness (QED) is 0.154. The first-order valence-electron chi connectivity index (χ1n) is 14.2. The second kappa shape index (κ2) is 11.0. The Kier molecular flexibility index (Phi) is 6.73. The molecule has 42 heavy (non-hydrogen) atoms. The molecular weight excluding hydrogens is 520 g/mol. The third-order valence-corrected chi connectivity index (χ3v) is 8.29. The van der Waals surface area contributed by atoms with Gasteiger partial charge in [0.1, 0.15) is 11.5 Å². The molecule has 4 nitrogen and oxygen atoms in total. The van der Waals surface area contributed by atoms with Gasteiger partial charge in [-0.3, -0.25) is 0 Å². The summed E-state index contributed by atoms with van der Waals surface area (Å²) in [7, 11) is 0. The lowest BCUT2D eigenvalue weighted by atomic mass is 9.67. The van der Waals surface area contributed by atoms with E-state index in [1.54, 1.807) is 0 Å². The molecule has 1 saturated carbocycles. The fourth-order valence-electron chi connectivity index (χ4n) is 5.82. The molecule has 1 fully saturated rings. The Morgan fingerprint density at radius 1 is 0.452 bits per heavy atom. The average Bonchev–Trinajstić information content (AvgIpc) is 3.01. The van der Waals surface area contributed by atoms with Gasteiger partial charge in [-0.05, 0) is 106 Å². The molecular formula is C38H28O4. The molecule has 6 aromatic rings. The molecule has 0 aliphatic heterocycles. The van der Waals surface area contributed by atoms with E-state index in [0.717, 1.165) is 34.4 Å². The van der Waals surface area contributed by atoms with Crippen LogP contribution >= 0.6 is 0 Å². The Balaban J connectivity index is 0.991. The number of fused-ring (bicyclic) bond motifs is 2. The van der Waals surface area contributed by atoms with Crippen LogP contribution in [0.2, 0.25) is 0 Å². The predicted octanol–water partition coefficient (Wildman–Crippen LogP) is 9.09. The Bertz CT molecular complexity index is 1780. The summed E-state index contributed by atoms with van der Waals surface area (Å²) >= 11 is 0. The summed E-state index contributed by atoms with van der Waals surface area (Å²) < 4.78 is 11.3. The number of ether oxygens (including phenoxy) is 2. The third kappa shape index (κ3) is 5.15. The molecule has 2 atom stereocenters. The molecule has 0 bridgehead atoms. The topological polar surface area (TPSA) is 52.6 Å². The molecule has 204 valence electrons. The highest BCUT2D eigenvalue weighted by atomic mass is 16.5. The molecule has 4 heteroatoms. The minimum Gasteiger partial charge on any atom is -0.423 e. The van der Waals surface area contributed by atoms with Crippen molar-refractivity contribution in [2.24, 2.45) is 0 Å². The highest BCUT2D eigenvalue weighted by molar-refractivity contribution is 5.93. The monoisotopic (exact) mass is 548 g/mol. The molecule has 0 saturated heterocycles. The lowest BCUT2D eigenvalue weighted by Gasteiger charge is -2.37. The zero-order valence-electron chi connectivity index (χ0n) is 22.9. The number of rotatable bonds is 6. The van der Waals surface area contributed by atoms with Crippen LogP contribution in [0.1, 0.15) is 56.5 Å². The van der Waals surface area contributed by atoms with Crippen LogP contribution in [0, 0.1) is 0 Å². The van der Waals surface area contributed by atoms with Crippen LogP contribution in [0.4, 0.5) is 0 Å². The molecule has 0 radical (unpaired) electrons. The smallest absolute Gasteiger partial charge is 0.343 e. The van der Waals surface area contributed by atoms with Crippen LogP contribution in [-0.2, 0) is 0 Å². The first kappa shape index (κ1) is 25.7. The summed E-state index contributed by atoms with van der Waals surface area (Å²) in [6, 6.07) is 42.8. The highest BCUT2D eigenvalue weighted by Gasteiger charge is 2.33. The Hall–Kier alpha value is -5.22. The van der Waals surface area contributed by atoms with E-state index >= 15 is 0 Å². The standard InChI is InChI=1S/C38H28O4/c39-37(41-33-19-17-25-5-1-3-7-31(25)23-33)29-13-9-27(10-14-29)35-21-22-36(35)28-11-15-30(16-12-28)38(40)42-34-20-18-26-6-2-4-8-32(26)24-34/h1-20,23-24,35-36H,21-22H2/t35-,36-/m1/s1. The largest absolute Gasteiger partial charge is 0.423 e. The lowest BCUT2D eigenvalue weighted by Crippen LogP contribution is -2.22. The fraction of sp³-hybridized carbons (Fsp3) is 0.105. The summed E-state index contributed by atoms with van der Waals surface area (Å²) in [4.78, 5) is 25.6. The van der Waals surface area contributed by atoms with Gasteiger partial charge in [0.15, 0.2) is 0 Å². The predicted molar refractivity (Wildman–Crippen MR) is 165 cm³/mol. The van der Waals surface area contributed by atoms with Crippen molar-refractivity contribution in [2.75, 3.05) is 0 Å². The van der Waals surface area contributed by atoms with E-state index in [0.29, 0.717) is 34.5 Å². The molecule has 0 heterocycles. The van der Waals surface area contributed by atoms with E-state index in [1.807, 2.05) is 133 Å². The number of hydrogen-bond acceptors (Lipinski definition) is 4. The average molecular weight is 549 g/mol. The second-order valence-electron chi connectivity index (χ2n) is 10.8. The highest BCUT2D eigenvalue weighted by Crippen LogP contribution is 2.49. The molecule has 6 aromatic carbocycles. The molecule has 0 unspecified atom stereocenters. The zero-order chi connectivity index (χ0) is 28.5. The molecule has 7 rings (SSSR count). The van der Waals surface area contributed by atoms with Gasteiger partial charge in [0.2, 0.25) is 0 Å². The molecule has 0 aromatic heterocycles. The van der Waals surface area contributed by atoms with Gasteiger partial charge in [-0.15, -0.1) is 0 Å². The minimum atomic E-state index is -0.367. The minimum absolute atomic E-state index is 0.367. The third-order valence-electron chi connectivity index (χ3n) is 8.29. The van der Waals surface area contributed by atoms with Gasteiger partial charge in [0.05, 0.1) is 11.1 Å². The van der Waals surface area contributed by atoms with E-state index in [1.165, 1.54) is 11.1 Å². The van der Waals surface area contributed by atoms with Crippen molar-refractivity contribution in [3.63, 3.8) is 0 Å². The van der Waals surface area contributed by atoms with Gasteiger partial charge < -0.3 is 9.47 Å². The number of esters is 2. The Morgan fingerprint density at radius 3 is 1.21 bits per heavy atom. The Labute approximate surface area is 244 Å². The van der Waals surface area contributed by atoms with E-state index in [4.69, 9.17) is 9.47 Å². The van der Waals surface area contributed by atoms with Gasteiger partial charge in [-0.25, -0.2) is 9.59 Å². The van der Waals surface area contributed by atoms with Gasteiger partial charge in [0, 0.05) is 0 Å². The van der Waals surface area contributed by atoms with Crippen molar-refractivity contribution in [3.8, 4) is 11.5 Å². The first-order valence-corrected chi connectivity index (χ1v) is 14.2. The molecule has 0 spiro atoms. The first-order chi connectivity index (χ1) is 20.6. The number of carbonyl (C=O) groups excluding carboxylic acids is 2. The Morgan fingerprint density at radius 2 is 0.833 bits per heavy atom. The van der Waals surface area contributed by atoms with Crippen molar-refractivity contribution in [1.82, 2.24) is 0 Å². The SMILES string of the molecule is O=C(Oc1ccc2ccccc2c1)c1ccc([C@H]2CC[C@@H]2c2ccc(C(=O)Oc3ccc4ccccc4c3)cc2)cc1. The van der Waals surface area contributed by atoms with E-state index in [9.17, 15) is 9.59 Å². The maximum Gasteiger partial charge on any atom is 0.343 e. The molecule has 0 amide bonds. The lowest BCUT2D eigenvalue weighted by molar-refractivity contribution is 0.0725. The van der Waals surface area contributed by atoms with Crippen LogP contribution in [0.5, 0.6) is 11.5 Å². The molecule has 0 N–H and O–H groups in total. The van der Waals surface area contributed by atoms with Gasteiger partial charge in [-0.2, -0.15) is 0 Å². The number of benzene rings is 6. The normalized spacial score (nSPS) is 16.1. The molecule has 1 aliphatic rings. The summed E-state index contributed by atoms with van der Waals surface area (Å²) in [6.45, 7) is 0. The second-order valence-corrected chi connectivity index (χ2v) is 10.8.